The monoisotopic (exact) mass is 332 g/mol. The quantitative estimate of drug-likeness (QED) is 0.689. The Morgan fingerprint density at radius 1 is 0.708 bits per heavy atom. The molecule has 3 aromatic carbocycles. The largest absolute Gasteiger partial charge is 0.287 e. The SMILES string of the molecule is N#CC(NC(c1ccccc1)c1ccccc1)c1ccc(Cl)cc1. The molecule has 0 radical (unpaired) electrons. The van der Waals surface area contributed by atoms with Crippen molar-refractivity contribution in [2.75, 3.05) is 0 Å². The van der Waals surface area contributed by atoms with Crippen LogP contribution in [0.1, 0.15) is 28.8 Å². The summed E-state index contributed by atoms with van der Waals surface area (Å²) in [4.78, 5) is 0. The van der Waals surface area contributed by atoms with Crippen LogP contribution in [-0.4, -0.2) is 0 Å². The van der Waals surface area contributed by atoms with Crippen molar-refractivity contribution in [2.45, 2.75) is 12.1 Å². The van der Waals surface area contributed by atoms with Gasteiger partial charge >= 0.3 is 0 Å². The zero-order chi connectivity index (χ0) is 16.8. The zero-order valence-electron chi connectivity index (χ0n) is 13.1. The second kappa shape index (κ2) is 7.79. The Morgan fingerprint density at radius 2 is 1.21 bits per heavy atom. The lowest BCUT2D eigenvalue weighted by molar-refractivity contribution is 0.559. The molecular formula is C21H17ClN2. The third-order valence-electron chi connectivity index (χ3n) is 3.93. The molecule has 0 bridgehead atoms. The molecule has 0 aliphatic heterocycles. The summed E-state index contributed by atoms with van der Waals surface area (Å²) in [7, 11) is 0. The molecule has 1 N–H and O–H groups in total. The minimum Gasteiger partial charge on any atom is -0.287 e. The molecule has 3 rings (SSSR count). The molecule has 0 fully saturated rings. The molecule has 0 aliphatic rings. The molecule has 1 atom stereocenters. The summed E-state index contributed by atoms with van der Waals surface area (Å²) in [5.41, 5.74) is 3.15. The van der Waals surface area contributed by atoms with Crippen molar-refractivity contribution < 1.29 is 0 Å². The second-order valence-corrected chi connectivity index (χ2v) is 5.97. The van der Waals surface area contributed by atoms with E-state index in [1.165, 1.54) is 0 Å². The van der Waals surface area contributed by atoms with E-state index in [0.29, 0.717) is 5.02 Å². The van der Waals surface area contributed by atoms with Crippen LogP contribution < -0.4 is 5.32 Å². The number of hydrogen-bond acceptors (Lipinski definition) is 2. The number of nitriles is 1. The van der Waals surface area contributed by atoms with Crippen LogP contribution in [-0.2, 0) is 0 Å². The Morgan fingerprint density at radius 3 is 1.67 bits per heavy atom. The first kappa shape index (κ1) is 16.3. The maximum atomic E-state index is 9.65. The lowest BCUT2D eigenvalue weighted by Crippen LogP contribution is -2.26. The summed E-state index contributed by atoms with van der Waals surface area (Å²) < 4.78 is 0. The average Bonchev–Trinajstić information content (AvgIpc) is 2.65. The van der Waals surface area contributed by atoms with E-state index in [4.69, 9.17) is 11.6 Å². The Labute approximate surface area is 147 Å². The van der Waals surface area contributed by atoms with Crippen molar-refractivity contribution in [1.82, 2.24) is 5.32 Å². The van der Waals surface area contributed by atoms with Crippen LogP contribution in [0.3, 0.4) is 0 Å². The minimum absolute atomic E-state index is 0.0623. The van der Waals surface area contributed by atoms with E-state index in [9.17, 15) is 5.26 Å². The van der Waals surface area contributed by atoms with Gasteiger partial charge in [-0.3, -0.25) is 5.32 Å². The van der Waals surface area contributed by atoms with Crippen LogP contribution in [0.15, 0.2) is 84.9 Å². The highest BCUT2D eigenvalue weighted by Gasteiger charge is 2.19. The van der Waals surface area contributed by atoms with Gasteiger partial charge < -0.3 is 0 Å². The van der Waals surface area contributed by atoms with Gasteiger partial charge in [-0.15, -0.1) is 0 Å². The van der Waals surface area contributed by atoms with E-state index < -0.39 is 6.04 Å². The molecule has 1 unspecified atom stereocenters. The van der Waals surface area contributed by atoms with Crippen LogP contribution in [0.2, 0.25) is 5.02 Å². The van der Waals surface area contributed by atoms with Gasteiger partial charge in [-0.05, 0) is 28.8 Å². The molecule has 0 aliphatic carbocycles. The molecule has 3 aromatic rings. The molecule has 0 aromatic heterocycles. The number of nitrogens with one attached hydrogen (secondary N) is 1. The molecule has 0 spiro atoms. The van der Waals surface area contributed by atoms with E-state index in [1.807, 2.05) is 60.7 Å². The van der Waals surface area contributed by atoms with E-state index in [1.54, 1.807) is 0 Å². The summed E-state index contributed by atoms with van der Waals surface area (Å²) in [5.74, 6) is 0. The second-order valence-electron chi connectivity index (χ2n) is 5.53. The predicted octanol–water partition coefficient (Wildman–Crippen LogP) is 5.28. The number of halogens is 1. The standard InChI is InChI=1S/C21H17ClN2/c22-19-13-11-16(12-14-19)20(15-23)24-21(17-7-3-1-4-8-17)18-9-5-2-6-10-18/h1-14,20-21,24H. The highest BCUT2D eigenvalue weighted by molar-refractivity contribution is 6.30. The smallest absolute Gasteiger partial charge is 0.122 e. The zero-order valence-corrected chi connectivity index (χ0v) is 13.8. The molecule has 0 saturated heterocycles. The van der Waals surface area contributed by atoms with Gasteiger partial charge in [-0.2, -0.15) is 5.26 Å². The lowest BCUT2D eigenvalue weighted by Gasteiger charge is -2.23. The third kappa shape index (κ3) is 3.83. The highest BCUT2D eigenvalue weighted by Crippen LogP contribution is 2.26. The molecule has 0 heterocycles. The molecule has 24 heavy (non-hydrogen) atoms. The Bertz CT molecular complexity index is 768. The number of nitrogens with zero attached hydrogens (tertiary/aromatic N) is 1. The van der Waals surface area contributed by atoms with Crippen molar-refractivity contribution in [2.24, 2.45) is 0 Å². The average molecular weight is 333 g/mol. The number of benzene rings is 3. The highest BCUT2D eigenvalue weighted by atomic mass is 35.5. The summed E-state index contributed by atoms with van der Waals surface area (Å²) >= 11 is 5.95. The fraction of sp³-hybridized carbons (Fsp3) is 0.0952. The fourth-order valence-electron chi connectivity index (χ4n) is 2.71. The topological polar surface area (TPSA) is 35.8 Å². The van der Waals surface area contributed by atoms with Crippen molar-refractivity contribution in [3.63, 3.8) is 0 Å². The van der Waals surface area contributed by atoms with Gasteiger partial charge in [0, 0.05) is 5.02 Å². The fourth-order valence-corrected chi connectivity index (χ4v) is 2.83. The summed E-state index contributed by atoms with van der Waals surface area (Å²) in [6.07, 6.45) is 0. The number of rotatable bonds is 5. The van der Waals surface area contributed by atoms with Gasteiger partial charge in [0.25, 0.3) is 0 Å². The maximum Gasteiger partial charge on any atom is 0.122 e. The van der Waals surface area contributed by atoms with Crippen LogP contribution >= 0.6 is 11.6 Å². The van der Waals surface area contributed by atoms with Gasteiger partial charge in [0.05, 0.1) is 12.1 Å². The van der Waals surface area contributed by atoms with Crippen LogP contribution in [0, 0.1) is 11.3 Å². The van der Waals surface area contributed by atoms with E-state index in [2.05, 4.69) is 35.7 Å². The van der Waals surface area contributed by atoms with Gasteiger partial charge in [-0.1, -0.05) is 84.4 Å². The Balaban J connectivity index is 1.94. The maximum absolute atomic E-state index is 9.65. The number of hydrogen-bond donors (Lipinski definition) is 1. The first-order valence-electron chi connectivity index (χ1n) is 7.79. The van der Waals surface area contributed by atoms with E-state index >= 15 is 0 Å². The van der Waals surface area contributed by atoms with Crippen molar-refractivity contribution in [1.29, 1.82) is 5.26 Å². The van der Waals surface area contributed by atoms with Crippen LogP contribution in [0.5, 0.6) is 0 Å². The van der Waals surface area contributed by atoms with Gasteiger partial charge in [0.1, 0.15) is 6.04 Å². The molecule has 3 heteroatoms. The van der Waals surface area contributed by atoms with Crippen LogP contribution in [0.4, 0.5) is 0 Å². The molecular weight excluding hydrogens is 316 g/mol. The van der Waals surface area contributed by atoms with Gasteiger partial charge in [0.2, 0.25) is 0 Å². The predicted molar refractivity (Wildman–Crippen MR) is 97.7 cm³/mol. The lowest BCUT2D eigenvalue weighted by atomic mass is 9.96. The molecule has 0 saturated carbocycles. The molecule has 2 nitrogen and oxygen atoms in total. The summed E-state index contributed by atoms with van der Waals surface area (Å²) in [6, 6.07) is 29.6. The first-order chi connectivity index (χ1) is 11.8. The van der Waals surface area contributed by atoms with Crippen molar-refractivity contribution >= 4 is 11.6 Å². The summed E-state index contributed by atoms with van der Waals surface area (Å²) in [6.45, 7) is 0. The van der Waals surface area contributed by atoms with E-state index in [0.717, 1.165) is 16.7 Å². The minimum atomic E-state index is -0.423. The van der Waals surface area contributed by atoms with Crippen LogP contribution in [0.25, 0.3) is 0 Å². The third-order valence-corrected chi connectivity index (χ3v) is 4.18. The van der Waals surface area contributed by atoms with Crippen molar-refractivity contribution in [3.05, 3.63) is 107 Å². The van der Waals surface area contributed by atoms with Gasteiger partial charge in [-0.25, -0.2) is 0 Å². The normalized spacial score (nSPS) is 11.9. The van der Waals surface area contributed by atoms with Gasteiger partial charge in [0.15, 0.2) is 0 Å². The van der Waals surface area contributed by atoms with Crippen molar-refractivity contribution in [3.8, 4) is 6.07 Å². The molecule has 118 valence electrons. The first-order valence-corrected chi connectivity index (χ1v) is 8.17. The Hall–Kier alpha value is -2.60. The summed E-state index contributed by atoms with van der Waals surface area (Å²) in [5, 5.41) is 13.8. The Kier molecular flexibility index (Phi) is 5.28. The van der Waals surface area contributed by atoms with E-state index in [-0.39, 0.29) is 6.04 Å². The molecule has 0 amide bonds.